The van der Waals surface area contributed by atoms with Gasteiger partial charge < -0.3 is 15.4 Å². The summed E-state index contributed by atoms with van der Waals surface area (Å²) in [5, 5.41) is 11.8. The Balaban J connectivity index is 0.00000320. The Labute approximate surface area is 198 Å². The van der Waals surface area contributed by atoms with Crippen LogP contribution in [0, 0.1) is 5.92 Å². The van der Waals surface area contributed by atoms with Gasteiger partial charge in [0.1, 0.15) is 12.4 Å². The van der Waals surface area contributed by atoms with Crippen LogP contribution in [0.2, 0.25) is 0 Å². The van der Waals surface area contributed by atoms with Crippen molar-refractivity contribution in [1.29, 1.82) is 0 Å². The number of guanidine groups is 1. The van der Waals surface area contributed by atoms with Gasteiger partial charge >= 0.3 is 0 Å². The van der Waals surface area contributed by atoms with E-state index in [-0.39, 0.29) is 24.0 Å². The van der Waals surface area contributed by atoms with Gasteiger partial charge in [-0.2, -0.15) is 5.10 Å². The second-order valence-electron chi connectivity index (χ2n) is 8.28. The molecule has 2 aliphatic rings. The van der Waals surface area contributed by atoms with Gasteiger partial charge in [0.15, 0.2) is 11.8 Å². The van der Waals surface area contributed by atoms with Crippen LogP contribution < -0.4 is 10.6 Å². The molecule has 1 fully saturated rings. The topological polar surface area (TPSA) is 79.6 Å². The summed E-state index contributed by atoms with van der Waals surface area (Å²) in [5.74, 6) is 3.45. The maximum absolute atomic E-state index is 5.16. The summed E-state index contributed by atoms with van der Waals surface area (Å²) < 4.78 is 7.18. The number of nitrogens with zero attached hydrogens (tertiary/aromatic N) is 5. The molecule has 0 spiro atoms. The molecule has 0 radical (unpaired) electrons. The van der Waals surface area contributed by atoms with Crippen molar-refractivity contribution in [3.8, 4) is 0 Å². The molecule has 2 aliphatic heterocycles. The van der Waals surface area contributed by atoms with Crippen LogP contribution in [0.5, 0.6) is 0 Å². The second-order valence-corrected chi connectivity index (χ2v) is 8.28. The average Bonchev–Trinajstić information content (AvgIpc) is 3.39. The number of rotatable bonds is 9. The van der Waals surface area contributed by atoms with Crippen LogP contribution in [0.1, 0.15) is 57.6 Å². The lowest BCUT2D eigenvalue weighted by atomic mass is 9.93. The Morgan fingerprint density at radius 2 is 2.00 bits per heavy atom. The molecule has 3 heterocycles. The molecule has 172 valence electrons. The van der Waals surface area contributed by atoms with E-state index >= 15 is 0 Å². The summed E-state index contributed by atoms with van der Waals surface area (Å²) in [6.07, 6.45) is 7.08. The minimum Gasteiger partial charge on any atom is -0.377 e. The Morgan fingerprint density at radius 1 is 1.27 bits per heavy atom. The highest BCUT2D eigenvalue weighted by Crippen LogP contribution is 2.22. The maximum Gasteiger partial charge on any atom is 0.191 e. The fourth-order valence-electron chi connectivity index (χ4n) is 4.76. The molecule has 1 aromatic heterocycles. The summed E-state index contributed by atoms with van der Waals surface area (Å²) in [6, 6.07) is 0.889. The first-order valence-electron chi connectivity index (χ1n) is 11.3. The van der Waals surface area contributed by atoms with E-state index in [9.17, 15) is 0 Å². The van der Waals surface area contributed by atoms with E-state index in [0.29, 0.717) is 18.7 Å². The zero-order chi connectivity index (χ0) is 20.6. The molecule has 2 atom stereocenters. The first kappa shape index (κ1) is 25.3. The summed E-state index contributed by atoms with van der Waals surface area (Å²) >= 11 is 0. The Hall–Kier alpha value is -0.940. The number of aromatic nitrogens is 3. The van der Waals surface area contributed by atoms with Crippen molar-refractivity contribution in [2.24, 2.45) is 10.9 Å². The molecule has 0 aromatic carbocycles. The van der Waals surface area contributed by atoms with Gasteiger partial charge in [-0.15, -0.1) is 24.0 Å². The van der Waals surface area contributed by atoms with Crippen LogP contribution in [-0.4, -0.2) is 71.5 Å². The molecular formula is C21H40IN7O. The van der Waals surface area contributed by atoms with Gasteiger partial charge in [0, 0.05) is 39.2 Å². The van der Waals surface area contributed by atoms with Gasteiger partial charge in [-0.25, -0.2) is 9.67 Å². The van der Waals surface area contributed by atoms with Crippen LogP contribution >= 0.6 is 24.0 Å². The molecule has 1 saturated heterocycles. The first-order valence-corrected chi connectivity index (χ1v) is 11.3. The fourth-order valence-corrected chi connectivity index (χ4v) is 4.76. The molecule has 0 saturated carbocycles. The molecular weight excluding hydrogens is 493 g/mol. The highest BCUT2D eigenvalue weighted by atomic mass is 127. The van der Waals surface area contributed by atoms with Crippen molar-refractivity contribution in [2.75, 3.05) is 33.8 Å². The SMILES string of the molecule is CCC(CC)C(CNC(=NC)NC1CCc2nc(COC)nn2C1)N1CCCC1.I. The smallest absolute Gasteiger partial charge is 0.191 e. The Bertz CT molecular complexity index is 654. The molecule has 0 bridgehead atoms. The Kier molecular flexibility index (Phi) is 10.8. The number of hydrogen-bond acceptors (Lipinski definition) is 5. The molecule has 8 nitrogen and oxygen atoms in total. The summed E-state index contributed by atoms with van der Waals surface area (Å²) in [5.41, 5.74) is 0. The number of aliphatic imine (C=N–C) groups is 1. The second kappa shape index (κ2) is 12.8. The Morgan fingerprint density at radius 3 is 2.63 bits per heavy atom. The molecule has 2 unspecified atom stereocenters. The minimum atomic E-state index is 0. The molecule has 0 amide bonds. The third-order valence-electron chi connectivity index (χ3n) is 6.42. The molecule has 9 heteroatoms. The van der Waals surface area contributed by atoms with Crippen molar-refractivity contribution < 1.29 is 4.74 Å². The van der Waals surface area contributed by atoms with E-state index < -0.39 is 0 Å². The van der Waals surface area contributed by atoms with Crippen molar-refractivity contribution in [3.63, 3.8) is 0 Å². The third-order valence-corrected chi connectivity index (χ3v) is 6.42. The van der Waals surface area contributed by atoms with E-state index in [1.54, 1.807) is 7.11 Å². The predicted molar refractivity (Wildman–Crippen MR) is 131 cm³/mol. The van der Waals surface area contributed by atoms with E-state index in [1.165, 1.54) is 38.8 Å². The lowest BCUT2D eigenvalue weighted by Gasteiger charge is -2.34. The van der Waals surface area contributed by atoms with Gasteiger partial charge in [0.05, 0.1) is 6.54 Å². The van der Waals surface area contributed by atoms with Crippen LogP contribution in [0.25, 0.3) is 0 Å². The largest absolute Gasteiger partial charge is 0.377 e. The molecule has 3 rings (SSSR count). The lowest BCUT2D eigenvalue weighted by molar-refractivity contribution is 0.166. The van der Waals surface area contributed by atoms with Crippen LogP contribution in [-0.2, 0) is 24.3 Å². The van der Waals surface area contributed by atoms with Gasteiger partial charge in [0.25, 0.3) is 0 Å². The van der Waals surface area contributed by atoms with Crippen LogP contribution in [0.15, 0.2) is 4.99 Å². The van der Waals surface area contributed by atoms with E-state index in [0.717, 1.165) is 49.5 Å². The minimum absolute atomic E-state index is 0. The summed E-state index contributed by atoms with van der Waals surface area (Å²) in [4.78, 5) is 11.7. The molecule has 0 aliphatic carbocycles. The maximum atomic E-state index is 5.16. The lowest BCUT2D eigenvalue weighted by Crippen LogP contribution is -2.52. The van der Waals surface area contributed by atoms with Crippen LogP contribution in [0.4, 0.5) is 0 Å². The quantitative estimate of drug-likeness (QED) is 0.289. The monoisotopic (exact) mass is 533 g/mol. The van der Waals surface area contributed by atoms with E-state index in [2.05, 4.69) is 44.5 Å². The number of hydrogen-bond donors (Lipinski definition) is 2. The third kappa shape index (κ3) is 6.53. The summed E-state index contributed by atoms with van der Waals surface area (Å²) in [6.45, 7) is 9.34. The van der Waals surface area contributed by atoms with Gasteiger partial charge in [-0.1, -0.05) is 26.7 Å². The van der Waals surface area contributed by atoms with E-state index in [4.69, 9.17) is 4.74 Å². The predicted octanol–water partition coefficient (Wildman–Crippen LogP) is 2.42. The molecule has 30 heavy (non-hydrogen) atoms. The molecule has 1 aromatic rings. The first-order chi connectivity index (χ1) is 14.2. The van der Waals surface area contributed by atoms with Gasteiger partial charge in [-0.05, 0) is 38.3 Å². The number of fused-ring (bicyclic) bond motifs is 1. The van der Waals surface area contributed by atoms with E-state index in [1.807, 2.05) is 11.7 Å². The number of aryl methyl sites for hydroxylation is 1. The van der Waals surface area contributed by atoms with Crippen molar-refractivity contribution in [2.45, 2.75) is 77.6 Å². The number of halogens is 1. The van der Waals surface area contributed by atoms with Crippen molar-refractivity contribution >= 4 is 29.9 Å². The standard InChI is InChI=1S/C21H39N7O.HI/c1-5-16(6-2)18(27-11-7-8-12-27)13-23-21(22-3)24-17-9-10-20-25-19(15-29-4)26-28(20)14-17;/h16-18H,5-15H2,1-4H3,(H2,22,23,24);1H. The number of ether oxygens (including phenoxy) is 1. The summed E-state index contributed by atoms with van der Waals surface area (Å²) in [7, 11) is 3.54. The highest BCUT2D eigenvalue weighted by molar-refractivity contribution is 14.0. The van der Waals surface area contributed by atoms with Crippen molar-refractivity contribution in [1.82, 2.24) is 30.3 Å². The zero-order valence-corrected chi connectivity index (χ0v) is 21.4. The fraction of sp³-hybridized carbons (Fsp3) is 0.857. The number of methoxy groups -OCH3 is 1. The average molecular weight is 534 g/mol. The van der Waals surface area contributed by atoms with Gasteiger partial charge in [-0.3, -0.25) is 9.89 Å². The highest BCUT2D eigenvalue weighted by Gasteiger charge is 2.28. The van der Waals surface area contributed by atoms with Crippen molar-refractivity contribution in [3.05, 3.63) is 11.6 Å². The normalized spacial score (nSPS) is 20.7. The zero-order valence-electron chi connectivity index (χ0n) is 19.1. The number of likely N-dealkylation sites (tertiary alicyclic amines) is 1. The molecule has 2 N–H and O–H groups in total. The van der Waals surface area contributed by atoms with Crippen LogP contribution in [0.3, 0.4) is 0 Å². The van der Waals surface area contributed by atoms with Gasteiger partial charge in [0.2, 0.25) is 0 Å². The number of nitrogens with one attached hydrogen (secondary N) is 2.